The lowest BCUT2D eigenvalue weighted by Gasteiger charge is -2.31. The maximum Gasteiger partial charge on any atom is 0.253 e. The van der Waals surface area contributed by atoms with Gasteiger partial charge in [-0.3, -0.25) is 4.79 Å². The van der Waals surface area contributed by atoms with Crippen molar-refractivity contribution in [3.8, 4) is 0 Å². The Morgan fingerprint density at radius 3 is 2.52 bits per heavy atom. The summed E-state index contributed by atoms with van der Waals surface area (Å²) in [5.74, 6) is 2.21. The van der Waals surface area contributed by atoms with E-state index in [1.54, 1.807) is 6.20 Å². The number of rotatable bonds is 5. The molecule has 0 spiro atoms. The van der Waals surface area contributed by atoms with Crippen LogP contribution in [0.2, 0.25) is 0 Å². The van der Waals surface area contributed by atoms with Gasteiger partial charge >= 0.3 is 0 Å². The second-order valence-electron chi connectivity index (χ2n) is 6.45. The summed E-state index contributed by atoms with van der Waals surface area (Å²) >= 11 is 0. The molecule has 0 saturated heterocycles. The number of carbonyl (C=O) groups excluding carboxylic acids is 1. The molecule has 1 heterocycles. The van der Waals surface area contributed by atoms with E-state index in [9.17, 15) is 4.79 Å². The van der Waals surface area contributed by atoms with E-state index in [0.717, 1.165) is 31.6 Å². The number of hydrogen-bond donors (Lipinski definition) is 2. The number of carbonyl (C=O) groups is 1. The minimum absolute atomic E-state index is 0.00385. The molecular weight excluding hydrogens is 262 g/mol. The molecular formula is C17H27N3O. The van der Waals surface area contributed by atoms with E-state index in [2.05, 4.69) is 36.4 Å². The third kappa shape index (κ3) is 4.73. The van der Waals surface area contributed by atoms with Crippen LogP contribution in [0.3, 0.4) is 0 Å². The maximum absolute atomic E-state index is 12.3. The molecule has 1 amide bonds. The quantitative estimate of drug-likeness (QED) is 0.873. The number of hydrogen-bond acceptors (Lipinski definition) is 3. The lowest BCUT2D eigenvalue weighted by Crippen LogP contribution is -2.40. The van der Waals surface area contributed by atoms with E-state index in [1.807, 2.05) is 12.1 Å². The van der Waals surface area contributed by atoms with Gasteiger partial charge in [0.1, 0.15) is 5.82 Å². The summed E-state index contributed by atoms with van der Waals surface area (Å²) in [7, 11) is 0. The number of pyridine rings is 1. The van der Waals surface area contributed by atoms with Gasteiger partial charge in [-0.15, -0.1) is 0 Å². The van der Waals surface area contributed by atoms with Crippen LogP contribution in [0.1, 0.15) is 56.8 Å². The zero-order valence-electron chi connectivity index (χ0n) is 13.4. The Balaban J connectivity index is 1.90. The number of nitrogens with one attached hydrogen (secondary N) is 2. The minimum atomic E-state index is -0.00385. The molecule has 0 radical (unpaired) electrons. The van der Waals surface area contributed by atoms with Crippen LogP contribution < -0.4 is 10.6 Å². The van der Waals surface area contributed by atoms with Gasteiger partial charge in [-0.05, 0) is 49.7 Å². The Hall–Kier alpha value is -1.58. The van der Waals surface area contributed by atoms with Gasteiger partial charge in [0, 0.05) is 18.8 Å². The van der Waals surface area contributed by atoms with Gasteiger partial charge < -0.3 is 10.6 Å². The average molecular weight is 289 g/mol. The summed E-state index contributed by atoms with van der Waals surface area (Å²) in [5.41, 5.74) is 0.642. The molecule has 0 bridgehead atoms. The number of anilines is 1. The average Bonchev–Trinajstić information content (AvgIpc) is 2.44. The van der Waals surface area contributed by atoms with Crippen LogP contribution in [-0.2, 0) is 0 Å². The van der Waals surface area contributed by atoms with Crippen LogP contribution in [0, 0.1) is 11.8 Å². The fraction of sp³-hybridized carbons (Fsp3) is 0.647. The lowest BCUT2D eigenvalue weighted by molar-refractivity contribution is 0.0911. The predicted octanol–water partition coefficient (Wildman–Crippen LogP) is 3.46. The topological polar surface area (TPSA) is 54.0 Å². The van der Waals surface area contributed by atoms with Crippen molar-refractivity contribution in [1.29, 1.82) is 0 Å². The molecule has 4 nitrogen and oxygen atoms in total. The van der Waals surface area contributed by atoms with Gasteiger partial charge in [0.05, 0.1) is 5.56 Å². The first-order valence-electron chi connectivity index (χ1n) is 8.09. The zero-order valence-corrected chi connectivity index (χ0v) is 13.4. The molecule has 4 heteroatoms. The van der Waals surface area contributed by atoms with Crippen LogP contribution >= 0.6 is 0 Å². The Labute approximate surface area is 127 Å². The molecule has 0 aromatic carbocycles. The number of amides is 1. The van der Waals surface area contributed by atoms with Crippen molar-refractivity contribution in [2.24, 2.45) is 11.8 Å². The second-order valence-corrected chi connectivity index (χ2v) is 6.45. The van der Waals surface area contributed by atoms with Crippen molar-refractivity contribution in [2.75, 3.05) is 11.9 Å². The number of nitrogens with zero attached hydrogens (tertiary/aromatic N) is 1. The van der Waals surface area contributed by atoms with Gasteiger partial charge in [0.2, 0.25) is 0 Å². The van der Waals surface area contributed by atoms with Crippen LogP contribution in [0.5, 0.6) is 0 Å². The predicted molar refractivity (Wildman–Crippen MR) is 86.5 cm³/mol. The Morgan fingerprint density at radius 1 is 1.24 bits per heavy atom. The third-order valence-corrected chi connectivity index (χ3v) is 4.10. The van der Waals surface area contributed by atoms with E-state index >= 15 is 0 Å². The molecule has 1 aromatic rings. The van der Waals surface area contributed by atoms with Crippen LogP contribution in [-0.4, -0.2) is 23.5 Å². The molecule has 2 rings (SSSR count). The van der Waals surface area contributed by atoms with Gasteiger partial charge in [0.15, 0.2) is 0 Å². The highest BCUT2D eigenvalue weighted by Crippen LogP contribution is 2.28. The largest absolute Gasteiger partial charge is 0.370 e. The zero-order chi connectivity index (χ0) is 15.2. The van der Waals surface area contributed by atoms with Crippen molar-refractivity contribution < 1.29 is 4.79 Å². The normalized spacial score (nSPS) is 25.4. The van der Waals surface area contributed by atoms with Crippen LogP contribution in [0.4, 0.5) is 5.82 Å². The first-order chi connectivity index (χ1) is 10.1. The summed E-state index contributed by atoms with van der Waals surface area (Å²) in [6.07, 6.45) is 6.15. The highest BCUT2D eigenvalue weighted by Gasteiger charge is 2.25. The van der Waals surface area contributed by atoms with E-state index in [-0.39, 0.29) is 5.91 Å². The summed E-state index contributed by atoms with van der Waals surface area (Å²) in [5, 5.41) is 6.37. The molecule has 1 aromatic heterocycles. The minimum Gasteiger partial charge on any atom is -0.370 e. The Bertz CT molecular complexity index is 448. The molecule has 2 N–H and O–H groups in total. The van der Waals surface area contributed by atoms with Gasteiger partial charge in [0.25, 0.3) is 5.91 Å². The van der Waals surface area contributed by atoms with Crippen molar-refractivity contribution >= 4 is 11.7 Å². The van der Waals surface area contributed by atoms with Crippen molar-refractivity contribution in [3.05, 3.63) is 23.9 Å². The fourth-order valence-electron chi connectivity index (χ4n) is 3.22. The molecule has 2 atom stereocenters. The van der Waals surface area contributed by atoms with Crippen LogP contribution in [0.25, 0.3) is 0 Å². The first kappa shape index (κ1) is 15.8. The SMILES string of the molecule is CCCNc1ccc(C(=O)NC2CC(C)CC(C)C2)cn1. The monoisotopic (exact) mass is 289 g/mol. The molecule has 1 aliphatic rings. The first-order valence-corrected chi connectivity index (χ1v) is 8.09. The molecule has 0 aliphatic heterocycles. The van der Waals surface area contributed by atoms with E-state index < -0.39 is 0 Å². The highest BCUT2D eigenvalue weighted by atomic mass is 16.1. The summed E-state index contributed by atoms with van der Waals surface area (Å²) in [4.78, 5) is 16.6. The van der Waals surface area contributed by atoms with E-state index in [1.165, 1.54) is 6.42 Å². The number of aromatic nitrogens is 1. The van der Waals surface area contributed by atoms with Gasteiger partial charge in [-0.2, -0.15) is 0 Å². The Morgan fingerprint density at radius 2 is 1.95 bits per heavy atom. The van der Waals surface area contributed by atoms with E-state index in [4.69, 9.17) is 0 Å². The molecule has 2 unspecified atom stereocenters. The van der Waals surface area contributed by atoms with Gasteiger partial charge in [-0.1, -0.05) is 20.8 Å². The third-order valence-electron chi connectivity index (χ3n) is 4.10. The lowest BCUT2D eigenvalue weighted by atomic mass is 9.80. The maximum atomic E-state index is 12.3. The second kappa shape index (κ2) is 7.43. The summed E-state index contributed by atoms with van der Waals surface area (Å²) < 4.78 is 0. The molecule has 1 saturated carbocycles. The van der Waals surface area contributed by atoms with Crippen molar-refractivity contribution in [2.45, 2.75) is 52.5 Å². The van der Waals surface area contributed by atoms with Gasteiger partial charge in [-0.25, -0.2) is 4.98 Å². The summed E-state index contributed by atoms with van der Waals surface area (Å²) in [6, 6.07) is 4.02. The standard InChI is InChI=1S/C17H27N3O/c1-4-7-18-16-6-5-14(11-19-16)17(21)20-15-9-12(2)8-13(3)10-15/h5-6,11-13,15H,4,7-10H2,1-3H3,(H,18,19)(H,20,21). The highest BCUT2D eigenvalue weighted by molar-refractivity contribution is 5.94. The molecule has 1 aliphatic carbocycles. The smallest absolute Gasteiger partial charge is 0.253 e. The van der Waals surface area contributed by atoms with Crippen LogP contribution in [0.15, 0.2) is 18.3 Å². The Kier molecular flexibility index (Phi) is 5.59. The fourth-order valence-corrected chi connectivity index (χ4v) is 3.22. The van der Waals surface area contributed by atoms with Crippen molar-refractivity contribution in [3.63, 3.8) is 0 Å². The van der Waals surface area contributed by atoms with Crippen molar-refractivity contribution in [1.82, 2.24) is 10.3 Å². The molecule has 116 valence electrons. The van der Waals surface area contributed by atoms with E-state index in [0.29, 0.717) is 23.4 Å². The molecule has 21 heavy (non-hydrogen) atoms. The summed E-state index contributed by atoms with van der Waals surface area (Å²) in [6.45, 7) is 7.55. The molecule has 1 fully saturated rings.